The van der Waals surface area contributed by atoms with Gasteiger partial charge in [-0.25, -0.2) is 0 Å². The number of nitrogens with zero attached hydrogens (tertiary/aromatic N) is 1. The monoisotopic (exact) mass is 310 g/mol. The number of H-pyrrole nitrogens is 1. The van der Waals surface area contributed by atoms with Crippen LogP contribution in [0.15, 0.2) is 30.5 Å². The molecule has 2 N–H and O–H groups in total. The van der Waals surface area contributed by atoms with Crippen molar-refractivity contribution >= 4 is 22.4 Å². The molecule has 2 aliphatic rings. The molecule has 0 spiro atoms. The third kappa shape index (κ3) is 1.84. The molecule has 2 heterocycles. The Bertz CT molecular complexity index is 833. The summed E-state index contributed by atoms with van der Waals surface area (Å²) < 4.78 is 0. The fraction of sp³-hybridized carbons (Fsp3) is 0.421. The van der Waals surface area contributed by atoms with Crippen LogP contribution in [0.3, 0.4) is 0 Å². The lowest BCUT2D eigenvalue weighted by atomic mass is 9.69. The number of carboxylic acids is 1. The number of likely N-dealkylation sites (N-methyl/N-ethyl adjacent to an activating group) is 1. The Morgan fingerprint density at radius 2 is 2.22 bits per heavy atom. The summed E-state index contributed by atoms with van der Waals surface area (Å²) in [5.74, 6) is -0.680. The summed E-state index contributed by atoms with van der Waals surface area (Å²) in [5, 5.41) is 11.2. The first-order chi connectivity index (χ1) is 10.9. The molecule has 1 aromatic carbocycles. The molecule has 2 atom stereocenters. The van der Waals surface area contributed by atoms with Crippen molar-refractivity contribution in [2.24, 2.45) is 11.3 Å². The Labute approximate surface area is 135 Å². The second-order valence-corrected chi connectivity index (χ2v) is 7.28. The van der Waals surface area contributed by atoms with Gasteiger partial charge >= 0.3 is 5.97 Å². The highest BCUT2D eigenvalue weighted by atomic mass is 16.4. The highest BCUT2D eigenvalue weighted by Gasteiger charge is 2.47. The van der Waals surface area contributed by atoms with E-state index >= 15 is 0 Å². The van der Waals surface area contributed by atoms with Crippen LogP contribution in [0.5, 0.6) is 0 Å². The molecule has 0 saturated heterocycles. The number of rotatable bonds is 2. The largest absolute Gasteiger partial charge is 0.481 e. The molecule has 1 aromatic heterocycles. The summed E-state index contributed by atoms with van der Waals surface area (Å²) in [4.78, 5) is 17.7. The predicted octanol–water partition coefficient (Wildman–Crippen LogP) is 3.15. The number of carboxylic acid groups (broad SMARTS) is 1. The Hall–Kier alpha value is -2.07. The molecule has 0 bridgehead atoms. The van der Waals surface area contributed by atoms with Crippen molar-refractivity contribution in [2.75, 3.05) is 13.6 Å². The number of aromatic amines is 1. The maximum Gasteiger partial charge on any atom is 0.315 e. The van der Waals surface area contributed by atoms with Gasteiger partial charge in [0.05, 0.1) is 0 Å². The van der Waals surface area contributed by atoms with Crippen molar-refractivity contribution in [3.63, 3.8) is 0 Å². The molecule has 1 aliphatic heterocycles. The van der Waals surface area contributed by atoms with Crippen molar-refractivity contribution in [1.82, 2.24) is 9.88 Å². The molecule has 4 nitrogen and oxygen atoms in total. The van der Waals surface area contributed by atoms with Crippen molar-refractivity contribution in [3.8, 4) is 0 Å². The van der Waals surface area contributed by atoms with Crippen molar-refractivity contribution in [2.45, 2.75) is 26.3 Å². The van der Waals surface area contributed by atoms with Crippen LogP contribution in [0.2, 0.25) is 0 Å². The average Bonchev–Trinajstić information content (AvgIpc) is 2.92. The molecule has 0 radical (unpaired) electrons. The quantitative estimate of drug-likeness (QED) is 0.896. The second-order valence-electron chi connectivity index (χ2n) is 7.28. The number of carbonyl (C=O) groups is 1. The molecule has 0 saturated carbocycles. The van der Waals surface area contributed by atoms with Crippen molar-refractivity contribution < 1.29 is 9.90 Å². The van der Waals surface area contributed by atoms with Crippen LogP contribution < -0.4 is 0 Å². The molecule has 4 rings (SSSR count). The number of aromatic nitrogens is 1. The van der Waals surface area contributed by atoms with Crippen molar-refractivity contribution in [3.05, 3.63) is 41.6 Å². The van der Waals surface area contributed by atoms with Gasteiger partial charge in [0.2, 0.25) is 0 Å². The molecule has 4 heteroatoms. The fourth-order valence-corrected chi connectivity index (χ4v) is 4.29. The molecule has 0 fully saturated rings. The van der Waals surface area contributed by atoms with Gasteiger partial charge in [-0.15, -0.1) is 0 Å². The zero-order valence-corrected chi connectivity index (χ0v) is 13.8. The molecular weight excluding hydrogens is 288 g/mol. The molecule has 23 heavy (non-hydrogen) atoms. The normalized spacial score (nSPS) is 27.1. The van der Waals surface area contributed by atoms with Gasteiger partial charge in [-0.2, -0.15) is 0 Å². The van der Waals surface area contributed by atoms with Crippen LogP contribution in [0.1, 0.15) is 25.0 Å². The Morgan fingerprint density at radius 1 is 1.43 bits per heavy atom. The van der Waals surface area contributed by atoms with Crippen LogP contribution in [0.4, 0.5) is 0 Å². The van der Waals surface area contributed by atoms with Gasteiger partial charge in [-0.05, 0) is 42.2 Å². The topological polar surface area (TPSA) is 56.3 Å². The van der Waals surface area contributed by atoms with Gasteiger partial charge in [0.15, 0.2) is 0 Å². The first-order valence-electron chi connectivity index (χ1n) is 8.20. The number of aliphatic carboxylic acids is 1. The molecule has 0 amide bonds. The lowest BCUT2D eigenvalue weighted by Crippen LogP contribution is -2.52. The third-order valence-electron chi connectivity index (χ3n) is 5.76. The Kier molecular flexibility index (Phi) is 2.97. The van der Waals surface area contributed by atoms with E-state index in [1.807, 2.05) is 19.9 Å². The van der Waals surface area contributed by atoms with Gasteiger partial charge in [0.1, 0.15) is 5.41 Å². The van der Waals surface area contributed by atoms with Crippen LogP contribution >= 0.6 is 0 Å². The smallest absolute Gasteiger partial charge is 0.315 e. The number of hydrogen-bond donors (Lipinski definition) is 2. The minimum atomic E-state index is -0.823. The van der Waals surface area contributed by atoms with E-state index in [9.17, 15) is 9.90 Å². The van der Waals surface area contributed by atoms with E-state index in [4.69, 9.17) is 0 Å². The number of fused-ring (bicyclic) bond motifs is 2. The zero-order chi connectivity index (χ0) is 16.4. The van der Waals surface area contributed by atoms with Crippen LogP contribution in [0, 0.1) is 11.3 Å². The van der Waals surface area contributed by atoms with Crippen LogP contribution in [0.25, 0.3) is 16.5 Å². The zero-order valence-electron chi connectivity index (χ0n) is 13.8. The highest BCUT2D eigenvalue weighted by Crippen LogP contribution is 2.45. The summed E-state index contributed by atoms with van der Waals surface area (Å²) in [6.45, 7) is 4.57. The Morgan fingerprint density at radius 3 is 2.91 bits per heavy atom. The lowest BCUT2D eigenvalue weighted by molar-refractivity contribution is -0.150. The predicted molar refractivity (Wildman–Crippen MR) is 91.3 cm³/mol. The number of benzene rings is 1. The highest BCUT2D eigenvalue weighted by molar-refractivity contribution is 5.99. The van der Waals surface area contributed by atoms with Crippen LogP contribution in [-0.2, 0) is 11.2 Å². The van der Waals surface area contributed by atoms with E-state index in [1.54, 1.807) is 0 Å². The molecular formula is C19H22N2O2. The third-order valence-corrected chi connectivity index (χ3v) is 5.76. The van der Waals surface area contributed by atoms with Gasteiger partial charge in [0, 0.05) is 29.7 Å². The summed E-state index contributed by atoms with van der Waals surface area (Å²) in [6, 6.07) is 6.52. The first kappa shape index (κ1) is 14.5. The standard InChI is InChI=1S/C19H22N2O2/c1-11(2)19(18(22)23)8-14-13-5-4-6-15-17(13)12(9-20-15)7-16(14)21(3)10-19/h4-6,8-9,11,16,20H,7,10H2,1-3H3,(H,22,23)/t16-,19-/m1/s1. The summed E-state index contributed by atoms with van der Waals surface area (Å²) in [5.41, 5.74) is 4.00. The van der Waals surface area contributed by atoms with Gasteiger partial charge in [-0.3, -0.25) is 9.69 Å². The molecule has 120 valence electrons. The Balaban J connectivity index is 2.00. The maximum atomic E-state index is 12.1. The van der Waals surface area contributed by atoms with E-state index in [-0.39, 0.29) is 12.0 Å². The van der Waals surface area contributed by atoms with Gasteiger partial charge in [0.25, 0.3) is 0 Å². The molecule has 2 aromatic rings. The van der Waals surface area contributed by atoms with E-state index < -0.39 is 11.4 Å². The summed E-state index contributed by atoms with van der Waals surface area (Å²) in [7, 11) is 2.05. The average molecular weight is 310 g/mol. The van der Waals surface area contributed by atoms with Gasteiger partial charge in [-0.1, -0.05) is 32.1 Å². The van der Waals surface area contributed by atoms with Crippen molar-refractivity contribution in [1.29, 1.82) is 0 Å². The summed E-state index contributed by atoms with van der Waals surface area (Å²) in [6.07, 6.45) is 5.09. The summed E-state index contributed by atoms with van der Waals surface area (Å²) >= 11 is 0. The van der Waals surface area contributed by atoms with E-state index in [0.717, 1.165) is 11.9 Å². The number of hydrogen-bond acceptors (Lipinski definition) is 2. The number of nitrogens with one attached hydrogen (secondary N) is 1. The first-order valence-corrected chi connectivity index (χ1v) is 8.20. The minimum Gasteiger partial charge on any atom is -0.481 e. The van der Waals surface area contributed by atoms with Gasteiger partial charge < -0.3 is 10.1 Å². The van der Waals surface area contributed by atoms with E-state index in [0.29, 0.717) is 6.54 Å². The SMILES string of the molecule is CC(C)[C@@]1(C(=O)O)C=C2c3cccc4[nH]cc(c34)C[C@H]2N(C)C1. The minimum absolute atomic E-state index is 0.0442. The van der Waals surface area contributed by atoms with Crippen LogP contribution in [-0.4, -0.2) is 40.6 Å². The maximum absolute atomic E-state index is 12.1. The lowest BCUT2D eigenvalue weighted by Gasteiger charge is -2.45. The molecule has 1 aliphatic carbocycles. The van der Waals surface area contributed by atoms with E-state index in [1.165, 1.54) is 22.1 Å². The van der Waals surface area contributed by atoms with E-state index in [2.05, 4.69) is 41.3 Å². The molecule has 0 unspecified atom stereocenters. The fourth-order valence-electron chi connectivity index (χ4n) is 4.29. The second kappa shape index (κ2) is 4.71.